The third kappa shape index (κ3) is 4.18. The molecule has 1 aromatic carbocycles. The van der Waals surface area contributed by atoms with Crippen molar-refractivity contribution in [2.24, 2.45) is 5.73 Å². The molecule has 0 saturated carbocycles. The molecule has 1 aromatic heterocycles. The largest absolute Gasteiger partial charge is 0.450 e. The Labute approximate surface area is 130 Å². The molecule has 0 fully saturated rings. The topological polar surface area (TPSA) is 85.4 Å². The van der Waals surface area contributed by atoms with Gasteiger partial charge in [-0.15, -0.1) is 0 Å². The summed E-state index contributed by atoms with van der Waals surface area (Å²) in [6.07, 6.45) is 1.37. The number of carbonyl (C=O) groups excluding carboxylic acids is 1. The van der Waals surface area contributed by atoms with E-state index in [0.717, 1.165) is 23.0 Å². The van der Waals surface area contributed by atoms with Gasteiger partial charge in [-0.05, 0) is 43.9 Å². The number of hydrogen-bond donors (Lipinski definition) is 2. The van der Waals surface area contributed by atoms with Crippen molar-refractivity contribution in [1.82, 2.24) is 4.98 Å². The number of fused-ring (bicyclic) bond motifs is 1. The summed E-state index contributed by atoms with van der Waals surface area (Å²) in [4.78, 5) is 15.4. The van der Waals surface area contributed by atoms with Crippen molar-refractivity contribution < 1.29 is 14.6 Å². The SMILES string of the molecule is Cc1cc(C(CCCO)CCOC(N)=O)nc2ccccc12. The van der Waals surface area contributed by atoms with Gasteiger partial charge in [0.05, 0.1) is 12.1 Å². The maximum atomic E-state index is 10.7. The molecular weight excluding hydrogens is 280 g/mol. The molecule has 118 valence electrons. The molecule has 22 heavy (non-hydrogen) atoms. The molecule has 0 aliphatic carbocycles. The van der Waals surface area contributed by atoms with Gasteiger partial charge in [-0.1, -0.05) is 18.2 Å². The number of rotatable bonds is 7. The number of ether oxygens (including phenoxy) is 1. The number of aromatic nitrogens is 1. The molecule has 1 amide bonds. The number of hydrogen-bond acceptors (Lipinski definition) is 4. The van der Waals surface area contributed by atoms with E-state index in [1.165, 1.54) is 5.56 Å². The molecule has 2 aromatic rings. The van der Waals surface area contributed by atoms with Crippen LogP contribution in [0.4, 0.5) is 4.79 Å². The highest BCUT2D eigenvalue weighted by molar-refractivity contribution is 5.82. The number of aryl methyl sites for hydroxylation is 1. The third-order valence-corrected chi connectivity index (χ3v) is 3.78. The number of nitrogens with zero attached hydrogens (tertiary/aromatic N) is 1. The zero-order valence-corrected chi connectivity index (χ0v) is 12.8. The lowest BCUT2D eigenvalue weighted by Gasteiger charge is -2.17. The van der Waals surface area contributed by atoms with Crippen LogP contribution in [0.15, 0.2) is 30.3 Å². The zero-order chi connectivity index (χ0) is 15.9. The van der Waals surface area contributed by atoms with E-state index in [1.54, 1.807) is 0 Å². The Morgan fingerprint density at radius 2 is 2.14 bits per heavy atom. The molecule has 1 heterocycles. The van der Waals surface area contributed by atoms with Crippen LogP contribution in [0.2, 0.25) is 0 Å². The average molecular weight is 302 g/mol. The van der Waals surface area contributed by atoms with Gasteiger partial charge in [0, 0.05) is 23.6 Å². The zero-order valence-electron chi connectivity index (χ0n) is 12.8. The van der Waals surface area contributed by atoms with Gasteiger partial charge >= 0.3 is 6.09 Å². The van der Waals surface area contributed by atoms with Crippen LogP contribution in [-0.2, 0) is 4.74 Å². The maximum absolute atomic E-state index is 10.7. The summed E-state index contributed by atoms with van der Waals surface area (Å²) in [5.74, 6) is 0.134. The van der Waals surface area contributed by atoms with Crippen LogP contribution in [-0.4, -0.2) is 29.4 Å². The number of primary amides is 1. The maximum Gasteiger partial charge on any atom is 0.404 e. The second-order valence-corrected chi connectivity index (χ2v) is 5.40. The molecule has 0 radical (unpaired) electrons. The molecule has 0 spiro atoms. The fourth-order valence-corrected chi connectivity index (χ4v) is 2.66. The Bertz CT molecular complexity index is 643. The van der Waals surface area contributed by atoms with E-state index in [1.807, 2.05) is 18.2 Å². The summed E-state index contributed by atoms with van der Waals surface area (Å²) < 4.78 is 4.84. The first kappa shape index (κ1) is 16.2. The molecule has 2 rings (SSSR count). The van der Waals surface area contributed by atoms with Gasteiger partial charge in [-0.25, -0.2) is 4.79 Å². The Kier molecular flexibility index (Phi) is 5.72. The minimum Gasteiger partial charge on any atom is -0.450 e. The lowest BCUT2D eigenvalue weighted by molar-refractivity contribution is 0.151. The van der Waals surface area contributed by atoms with E-state index >= 15 is 0 Å². The fourth-order valence-electron chi connectivity index (χ4n) is 2.66. The van der Waals surface area contributed by atoms with Gasteiger partial charge in [0.25, 0.3) is 0 Å². The Morgan fingerprint density at radius 1 is 1.36 bits per heavy atom. The summed E-state index contributed by atoms with van der Waals surface area (Å²) in [6.45, 7) is 2.47. The molecule has 1 atom stereocenters. The summed E-state index contributed by atoms with van der Waals surface area (Å²) in [5.41, 5.74) is 8.10. The summed E-state index contributed by atoms with van der Waals surface area (Å²) in [7, 11) is 0. The number of amides is 1. The molecule has 5 heteroatoms. The van der Waals surface area contributed by atoms with Gasteiger partial charge in [0.1, 0.15) is 0 Å². The normalized spacial score (nSPS) is 12.3. The van der Waals surface area contributed by atoms with Crippen molar-refractivity contribution in [3.63, 3.8) is 0 Å². The first-order valence-corrected chi connectivity index (χ1v) is 7.51. The van der Waals surface area contributed by atoms with Crippen LogP contribution >= 0.6 is 0 Å². The number of para-hydroxylation sites is 1. The highest BCUT2D eigenvalue weighted by Crippen LogP contribution is 2.27. The van der Waals surface area contributed by atoms with Crippen molar-refractivity contribution in [3.8, 4) is 0 Å². The van der Waals surface area contributed by atoms with Crippen molar-refractivity contribution in [1.29, 1.82) is 0 Å². The summed E-state index contributed by atoms with van der Waals surface area (Å²) in [5, 5.41) is 10.2. The number of benzene rings is 1. The monoisotopic (exact) mass is 302 g/mol. The quantitative estimate of drug-likeness (QED) is 0.823. The van der Waals surface area contributed by atoms with Gasteiger partial charge in [-0.3, -0.25) is 4.98 Å². The highest BCUT2D eigenvalue weighted by Gasteiger charge is 2.15. The van der Waals surface area contributed by atoms with Crippen molar-refractivity contribution >= 4 is 17.0 Å². The van der Waals surface area contributed by atoms with Crippen LogP contribution < -0.4 is 5.73 Å². The number of aliphatic hydroxyl groups is 1. The lowest BCUT2D eigenvalue weighted by atomic mass is 9.94. The van der Waals surface area contributed by atoms with E-state index in [0.29, 0.717) is 12.8 Å². The predicted octanol–water partition coefficient (Wildman–Crippen LogP) is 2.88. The van der Waals surface area contributed by atoms with E-state index in [-0.39, 0.29) is 19.1 Å². The molecular formula is C17H22N2O3. The molecule has 5 nitrogen and oxygen atoms in total. The molecule has 0 aliphatic rings. The second-order valence-electron chi connectivity index (χ2n) is 5.40. The Hall–Kier alpha value is -2.14. The van der Waals surface area contributed by atoms with E-state index in [4.69, 9.17) is 20.6 Å². The number of aliphatic hydroxyl groups excluding tert-OH is 1. The smallest absolute Gasteiger partial charge is 0.404 e. The summed E-state index contributed by atoms with van der Waals surface area (Å²) in [6, 6.07) is 10.1. The van der Waals surface area contributed by atoms with E-state index in [2.05, 4.69) is 19.1 Å². The van der Waals surface area contributed by atoms with Crippen molar-refractivity contribution in [2.75, 3.05) is 13.2 Å². The Morgan fingerprint density at radius 3 is 2.86 bits per heavy atom. The standard InChI is InChI=1S/C17H22N2O3/c1-12-11-16(19-15-7-3-2-6-14(12)15)13(5-4-9-20)8-10-22-17(18)21/h2-3,6-7,11,13,20H,4-5,8-10H2,1H3,(H2,18,21). The number of carbonyl (C=O) groups is 1. The molecule has 0 aliphatic heterocycles. The highest BCUT2D eigenvalue weighted by atomic mass is 16.5. The first-order valence-electron chi connectivity index (χ1n) is 7.51. The van der Waals surface area contributed by atoms with Crippen LogP contribution in [0.3, 0.4) is 0 Å². The van der Waals surface area contributed by atoms with Gasteiger partial charge < -0.3 is 15.6 Å². The predicted molar refractivity (Wildman–Crippen MR) is 85.7 cm³/mol. The molecule has 0 bridgehead atoms. The Balaban J connectivity index is 2.23. The lowest BCUT2D eigenvalue weighted by Crippen LogP contribution is -2.16. The van der Waals surface area contributed by atoms with Crippen LogP contribution in [0.5, 0.6) is 0 Å². The molecule has 0 saturated heterocycles. The van der Waals surface area contributed by atoms with Gasteiger partial charge in [0.15, 0.2) is 0 Å². The van der Waals surface area contributed by atoms with Crippen LogP contribution in [0.1, 0.15) is 36.4 Å². The number of nitrogens with two attached hydrogens (primary N) is 1. The first-order chi connectivity index (χ1) is 10.6. The van der Waals surface area contributed by atoms with Gasteiger partial charge in [-0.2, -0.15) is 0 Å². The minimum absolute atomic E-state index is 0.134. The molecule has 1 unspecified atom stereocenters. The minimum atomic E-state index is -0.761. The van der Waals surface area contributed by atoms with E-state index in [9.17, 15) is 4.79 Å². The van der Waals surface area contributed by atoms with Crippen molar-refractivity contribution in [3.05, 3.63) is 41.6 Å². The summed E-state index contributed by atoms with van der Waals surface area (Å²) >= 11 is 0. The molecule has 3 N–H and O–H groups in total. The average Bonchev–Trinajstić information content (AvgIpc) is 2.50. The van der Waals surface area contributed by atoms with Crippen LogP contribution in [0.25, 0.3) is 10.9 Å². The third-order valence-electron chi connectivity index (χ3n) is 3.78. The van der Waals surface area contributed by atoms with Crippen molar-refractivity contribution in [2.45, 2.75) is 32.1 Å². The van der Waals surface area contributed by atoms with Crippen LogP contribution in [0, 0.1) is 6.92 Å². The second kappa shape index (κ2) is 7.75. The van der Waals surface area contributed by atoms with Gasteiger partial charge in [0.2, 0.25) is 0 Å². The number of pyridine rings is 1. The van der Waals surface area contributed by atoms with E-state index < -0.39 is 6.09 Å². The fraction of sp³-hybridized carbons (Fsp3) is 0.412.